The van der Waals surface area contributed by atoms with Crippen molar-refractivity contribution in [3.8, 4) is 0 Å². The van der Waals surface area contributed by atoms with Gasteiger partial charge in [-0.05, 0) is 12.5 Å². The lowest BCUT2D eigenvalue weighted by Crippen LogP contribution is -2.61. The highest BCUT2D eigenvalue weighted by Crippen LogP contribution is 2.05. The van der Waals surface area contributed by atoms with Crippen molar-refractivity contribution in [2.75, 3.05) is 6.61 Å². The number of nitrogens with one attached hydrogen (secondary N) is 4. The van der Waals surface area contributed by atoms with Crippen molar-refractivity contribution in [1.82, 2.24) is 21.3 Å². The summed E-state index contributed by atoms with van der Waals surface area (Å²) in [6.45, 7) is 0.0516. The third kappa shape index (κ3) is 12.0. The van der Waals surface area contributed by atoms with Crippen molar-refractivity contribution in [2.45, 2.75) is 62.5 Å². The summed E-state index contributed by atoms with van der Waals surface area (Å²) >= 11 is 0. The fourth-order valence-corrected chi connectivity index (χ4v) is 3.41. The van der Waals surface area contributed by atoms with E-state index in [1.165, 1.54) is 0 Å². The zero-order valence-corrected chi connectivity index (χ0v) is 22.0. The first-order chi connectivity index (χ1) is 19.2. The molecule has 0 aromatic heterocycles. The number of aliphatic hydroxyl groups excluding tert-OH is 2. The minimum Gasteiger partial charge on any atom is -0.481 e. The molecule has 41 heavy (non-hydrogen) atoms. The molecular formula is C24H34N6O11. The summed E-state index contributed by atoms with van der Waals surface area (Å²) in [6.07, 6.45) is -3.24. The fraction of sp³-hybridized carbons (Fsp3) is 0.458. The van der Waals surface area contributed by atoms with Crippen LogP contribution in [0.15, 0.2) is 30.3 Å². The minimum atomic E-state index is -1.78. The molecule has 0 aliphatic heterocycles. The molecule has 0 aliphatic carbocycles. The maximum atomic E-state index is 12.8. The minimum absolute atomic E-state index is 0.128. The Kier molecular flexibility index (Phi) is 13.8. The zero-order valence-electron chi connectivity index (χ0n) is 22.0. The van der Waals surface area contributed by atoms with E-state index in [2.05, 4.69) is 10.6 Å². The standard InChI is InChI=1S/C24H34N6O11/c1-11(32)19(30-20(36)13(25)8-18(34)35)23(39)29-16(10-31)22(38)27-14(9-17(26)33)21(37)28-15(24(40)41)7-12-5-3-2-4-6-12/h2-6,11,13-16,19,31-32H,7-10,25H2,1H3,(H2,26,33)(H,27,38)(H,28,37)(H,29,39)(H,30,36)(H,34,35)(H,40,41)/t11-,13+,14+,15+,16+,19+/m1/s1. The van der Waals surface area contributed by atoms with Gasteiger partial charge in [0.1, 0.15) is 24.2 Å². The number of carboxylic acids is 2. The number of aliphatic hydroxyl groups is 2. The van der Waals surface area contributed by atoms with Gasteiger partial charge in [0.15, 0.2) is 0 Å². The number of primary amides is 1. The molecule has 0 saturated carbocycles. The normalized spacial score (nSPS) is 15.1. The number of hydrogen-bond donors (Lipinski definition) is 10. The Bertz CT molecular complexity index is 1110. The van der Waals surface area contributed by atoms with Crippen LogP contribution in [0.4, 0.5) is 0 Å². The van der Waals surface area contributed by atoms with Gasteiger partial charge in [-0.1, -0.05) is 30.3 Å². The molecule has 1 rings (SSSR count). The van der Waals surface area contributed by atoms with E-state index < -0.39 is 97.2 Å². The van der Waals surface area contributed by atoms with Crippen molar-refractivity contribution in [3.05, 3.63) is 35.9 Å². The molecule has 0 saturated heterocycles. The maximum Gasteiger partial charge on any atom is 0.326 e. The van der Waals surface area contributed by atoms with Crippen LogP contribution in [0, 0.1) is 0 Å². The number of carboxylic acid groups (broad SMARTS) is 2. The molecule has 12 N–H and O–H groups in total. The number of nitrogens with two attached hydrogens (primary N) is 2. The van der Waals surface area contributed by atoms with Gasteiger partial charge in [-0.3, -0.25) is 28.8 Å². The average Bonchev–Trinajstić information content (AvgIpc) is 2.88. The Morgan fingerprint density at radius 3 is 1.80 bits per heavy atom. The number of aliphatic carboxylic acids is 2. The molecule has 0 fully saturated rings. The van der Waals surface area contributed by atoms with Crippen LogP contribution in [0.5, 0.6) is 0 Å². The maximum absolute atomic E-state index is 12.8. The van der Waals surface area contributed by atoms with Crippen molar-refractivity contribution >= 4 is 41.5 Å². The Balaban J connectivity index is 2.99. The second-order valence-electron chi connectivity index (χ2n) is 9.00. The molecule has 0 radical (unpaired) electrons. The van der Waals surface area contributed by atoms with Crippen molar-refractivity contribution < 1.29 is 54.0 Å². The van der Waals surface area contributed by atoms with E-state index in [0.717, 1.165) is 6.92 Å². The summed E-state index contributed by atoms with van der Waals surface area (Å²) in [6, 6.07) is 0.0457. The van der Waals surface area contributed by atoms with Gasteiger partial charge < -0.3 is 53.2 Å². The molecule has 226 valence electrons. The van der Waals surface area contributed by atoms with Gasteiger partial charge in [-0.25, -0.2) is 4.79 Å². The predicted molar refractivity (Wildman–Crippen MR) is 138 cm³/mol. The molecule has 17 heteroatoms. The van der Waals surface area contributed by atoms with E-state index in [-0.39, 0.29) is 6.42 Å². The third-order valence-electron chi connectivity index (χ3n) is 5.55. The summed E-state index contributed by atoms with van der Waals surface area (Å²) in [5.74, 6) is -8.41. The molecule has 0 bridgehead atoms. The number of amides is 5. The van der Waals surface area contributed by atoms with Crippen LogP contribution in [0.25, 0.3) is 0 Å². The second-order valence-corrected chi connectivity index (χ2v) is 9.00. The first-order valence-electron chi connectivity index (χ1n) is 12.2. The van der Waals surface area contributed by atoms with Gasteiger partial charge >= 0.3 is 11.9 Å². The van der Waals surface area contributed by atoms with Crippen LogP contribution in [-0.2, 0) is 40.0 Å². The summed E-state index contributed by atoms with van der Waals surface area (Å²) in [5.41, 5.74) is 11.2. The SMILES string of the molecule is C[C@@H](O)[C@H](NC(=O)[C@@H](N)CC(=O)O)C(=O)N[C@@H](CO)C(=O)N[C@@H](CC(N)=O)C(=O)N[C@@H](Cc1ccccc1)C(=O)O. The van der Waals surface area contributed by atoms with Crippen LogP contribution < -0.4 is 32.7 Å². The summed E-state index contributed by atoms with van der Waals surface area (Å²) in [7, 11) is 0. The third-order valence-corrected chi connectivity index (χ3v) is 5.55. The van der Waals surface area contributed by atoms with Gasteiger partial charge in [0, 0.05) is 6.42 Å². The second kappa shape index (κ2) is 16.5. The van der Waals surface area contributed by atoms with E-state index in [0.29, 0.717) is 5.56 Å². The van der Waals surface area contributed by atoms with Crippen LogP contribution in [0.2, 0.25) is 0 Å². The van der Waals surface area contributed by atoms with Crippen molar-refractivity contribution in [2.24, 2.45) is 11.5 Å². The van der Waals surface area contributed by atoms with Crippen molar-refractivity contribution in [1.29, 1.82) is 0 Å². The van der Waals surface area contributed by atoms with Gasteiger partial charge in [0.2, 0.25) is 29.5 Å². The van der Waals surface area contributed by atoms with Crippen LogP contribution >= 0.6 is 0 Å². The van der Waals surface area contributed by atoms with E-state index >= 15 is 0 Å². The molecule has 0 aliphatic rings. The lowest BCUT2D eigenvalue weighted by molar-refractivity contribution is -0.142. The van der Waals surface area contributed by atoms with Gasteiger partial charge in [-0.2, -0.15) is 0 Å². The quantitative estimate of drug-likeness (QED) is 0.0828. The topological polar surface area (TPSA) is 301 Å². The molecule has 1 aromatic rings. The molecular weight excluding hydrogens is 548 g/mol. The number of benzene rings is 1. The Morgan fingerprint density at radius 2 is 1.32 bits per heavy atom. The van der Waals surface area contributed by atoms with E-state index in [1.807, 2.05) is 10.6 Å². The van der Waals surface area contributed by atoms with E-state index in [4.69, 9.17) is 16.6 Å². The molecule has 0 spiro atoms. The summed E-state index contributed by atoms with van der Waals surface area (Å²) in [4.78, 5) is 84.4. The zero-order chi connectivity index (χ0) is 31.3. The Labute approximate surface area is 233 Å². The van der Waals surface area contributed by atoms with E-state index in [1.54, 1.807) is 30.3 Å². The molecule has 17 nitrogen and oxygen atoms in total. The molecule has 0 unspecified atom stereocenters. The summed E-state index contributed by atoms with van der Waals surface area (Å²) in [5, 5.41) is 46.3. The molecule has 1 aromatic carbocycles. The monoisotopic (exact) mass is 582 g/mol. The molecule has 5 amide bonds. The lowest BCUT2D eigenvalue weighted by Gasteiger charge is -2.26. The Morgan fingerprint density at radius 1 is 0.780 bits per heavy atom. The van der Waals surface area contributed by atoms with Crippen LogP contribution in [-0.4, -0.2) is 105 Å². The smallest absolute Gasteiger partial charge is 0.326 e. The first-order valence-corrected chi connectivity index (χ1v) is 12.2. The Hall–Kier alpha value is -4.61. The number of rotatable bonds is 17. The van der Waals surface area contributed by atoms with Crippen LogP contribution in [0.1, 0.15) is 25.3 Å². The first kappa shape index (κ1) is 34.4. The van der Waals surface area contributed by atoms with Gasteiger partial charge in [-0.15, -0.1) is 0 Å². The van der Waals surface area contributed by atoms with Gasteiger partial charge in [0.05, 0.1) is 31.6 Å². The van der Waals surface area contributed by atoms with E-state index in [9.17, 15) is 48.9 Å². The fourth-order valence-electron chi connectivity index (χ4n) is 3.41. The largest absolute Gasteiger partial charge is 0.481 e. The predicted octanol–water partition coefficient (Wildman–Crippen LogP) is -4.70. The summed E-state index contributed by atoms with van der Waals surface area (Å²) < 4.78 is 0. The van der Waals surface area contributed by atoms with Crippen molar-refractivity contribution in [3.63, 3.8) is 0 Å². The average molecular weight is 583 g/mol. The van der Waals surface area contributed by atoms with Crippen LogP contribution in [0.3, 0.4) is 0 Å². The molecule has 0 heterocycles. The van der Waals surface area contributed by atoms with Gasteiger partial charge in [0.25, 0.3) is 0 Å². The highest BCUT2D eigenvalue weighted by Gasteiger charge is 2.34. The highest BCUT2D eigenvalue weighted by atomic mass is 16.4. The number of carbonyl (C=O) groups excluding carboxylic acids is 5. The molecule has 6 atom stereocenters. The highest BCUT2D eigenvalue weighted by molar-refractivity contribution is 5.97. The lowest BCUT2D eigenvalue weighted by atomic mass is 10.0. The number of hydrogen-bond acceptors (Lipinski definition) is 10. The number of carbonyl (C=O) groups is 7.